The molecule has 1 aromatic rings. The van der Waals surface area contributed by atoms with Crippen molar-refractivity contribution in [3.05, 3.63) is 29.8 Å². The summed E-state index contributed by atoms with van der Waals surface area (Å²) in [5.74, 6) is 0.238. The van der Waals surface area contributed by atoms with Crippen molar-refractivity contribution >= 4 is 0 Å². The summed E-state index contributed by atoms with van der Waals surface area (Å²) in [5.41, 5.74) is -0.147. The van der Waals surface area contributed by atoms with Crippen LogP contribution in [0.2, 0.25) is 0 Å². The molecule has 0 saturated carbocycles. The smallest absolute Gasteiger partial charge is 0.119 e. The quantitative estimate of drug-likeness (QED) is 0.719. The number of rotatable bonds is 9. The molecule has 0 heterocycles. The highest BCUT2D eigenvalue weighted by Gasteiger charge is 2.05. The number of benzene rings is 1. The van der Waals surface area contributed by atoms with Gasteiger partial charge in [0.2, 0.25) is 0 Å². The minimum Gasteiger partial charge on any atom is -0.491 e. The summed E-state index contributed by atoms with van der Waals surface area (Å²) in [6.07, 6.45) is -4.60. The molecular formula is C15H25NO3. The largest absolute Gasteiger partial charge is 0.491 e. The topological polar surface area (TPSA) is 50.7 Å². The van der Waals surface area contributed by atoms with Crippen LogP contribution in [0, 0.1) is 0 Å². The molecular weight excluding hydrogens is 242 g/mol. The fraction of sp³-hybridized carbons (Fsp3) is 0.600. The van der Waals surface area contributed by atoms with Crippen LogP contribution in [0.5, 0.6) is 5.75 Å². The minimum atomic E-state index is -3.09. The van der Waals surface area contributed by atoms with Gasteiger partial charge in [-0.2, -0.15) is 0 Å². The predicted molar refractivity (Wildman–Crippen MR) is 76.7 cm³/mol. The lowest BCUT2D eigenvalue weighted by atomic mass is 10.1. The van der Waals surface area contributed by atoms with Crippen molar-refractivity contribution in [2.45, 2.75) is 32.3 Å². The average molecular weight is 275 g/mol. The summed E-state index contributed by atoms with van der Waals surface area (Å²) in [7, 11) is -3.09. The van der Waals surface area contributed by atoms with Crippen molar-refractivity contribution in [2.24, 2.45) is 0 Å². The normalized spacial score (nSPS) is 22.7. The van der Waals surface area contributed by atoms with Crippen molar-refractivity contribution in [1.82, 2.24) is 5.32 Å². The Morgan fingerprint density at radius 2 is 2.16 bits per heavy atom. The Labute approximate surface area is 127 Å². The van der Waals surface area contributed by atoms with Crippen molar-refractivity contribution in [1.29, 1.82) is 0 Å². The Morgan fingerprint density at radius 3 is 2.79 bits per heavy atom. The van der Waals surface area contributed by atoms with Gasteiger partial charge in [0.25, 0.3) is 0 Å². The van der Waals surface area contributed by atoms with E-state index in [1.54, 1.807) is 0 Å². The molecule has 0 amide bonds. The van der Waals surface area contributed by atoms with Gasteiger partial charge in [0.05, 0.1) is 14.8 Å². The molecule has 0 fully saturated rings. The zero-order valence-electron chi connectivity index (χ0n) is 19.1. The number of methoxy groups -OCH3 is 1. The van der Waals surface area contributed by atoms with Crippen LogP contribution in [0.4, 0.5) is 0 Å². The third-order valence-corrected chi connectivity index (χ3v) is 2.22. The molecule has 0 saturated heterocycles. The molecule has 0 radical (unpaired) electrons. The summed E-state index contributed by atoms with van der Waals surface area (Å²) in [5, 5.41) is 12.8. The molecule has 4 nitrogen and oxygen atoms in total. The van der Waals surface area contributed by atoms with E-state index >= 15 is 0 Å². The van der Waals surface area contributed by atoms with E-state index in [1.807, 2.05) is 13.8 Å². The van der Waals surface area contributed by atoms with E-state index in [1.165, 1.54) is 24.3 Å². The molecule has 2 N–H and O–H groups in total. The van der Waals surface area contributed by atoms with Crippen LogP contribution in [-0.4, -0.2) is 44.0 Å². The maximum absolute atomic E-state index is 9.92. The number of aliphatic hydroxyl groups is 1. The van der Waals surface area contributed by atoms with Crippen molar-refractivity contribution in [2.75, 3.05) is 26.7 Å². The maximum atomic E-state index is 9.92. The Hall–Kier alpha value is -1.10. The number of aryl methyl sites for hydroxylation is 1. The molecule has 1 rings (SSSR count). The van der Waals surface area contributed by atoms with E-state index < -0.39 is 26.0 Å². The number of ether oxygens (including phenoxy) is 2. The third kappa shape index (κ3) is 7.15. The Bertz CT molecular complexity index is 602. The van der Waals surface area contributed by atoms with Crippen LogP contribution in [0.3, 0.4) is 0 Å². The second kappa shape index (κ2) is 8.91. The number of nitrogens with one attached hydrogen (secondary N) is 1. The van der Waals surface area contributed by atoms with E-state index in [-0.39, 0.29) is 30.5 Å². The van der Waals surface area contributed by atoms with Gasteiger partial charge in [0.1, 0.15) is 18.4 Å². The first kappa shape index (κ1) is 7.62. The van der Waals surface area contributed by atoms with Gasteiger partial charge in [-0.1, -0.05) is 26.0 Å². The minimum absolute atomic E-state index is 0.00201. The summed E-state index contributed by atoms with van der Waals surface area (Å²) >= 11 is 0. The van der Waals surface area contributed by atoms with Crippen LogP contribution >= 0.6 is 0 Å². The van der Waals surface area contributed by atoms with Crippen molar-refractivity contribution in [3.63, 3.8) is 0 Å². The third-order valence-electron chi connectivity index (χ3n) is 2.22. The highest BCUT2D eigenvalue weighted by molar-refractivity contribution is 5.27. The van der Waals surface area contributed by atoms with E-state index in [4.69, 9.17) is 15.7 Å². The van der Waals surface area contributed by atoms with E-state index in [0.29, 0.717) is 0 Å². The van der Waals surface area contributed by atoms with E-state index in [9.17, 15) is 5.11 Å². The first-order chi connectivity index (χ1) is 12.1. The predicted octanol–water partition coefficient (Wildman–Crippen LogP) is 1.61. The Balaban J connectivity index is 2.80. The standard InChI is InChI=1S/C15H25NO3/c1-12(2)16-10-14(17)11-19-15-6-4-13(5-7-15)8-9-18-3/h4-7,12,14,16-17H,8-11H2,1-3H3/i3D3,8D2,9D2,14D. The molecule has 0 aliphatic rings. The molecule has 0 aliphatic carbocycles. The summed E-state index contributed by atoms with van der Waals surface area (Å²) in [6.45, 7) is 0.320. The van der Waals surface area contributed by atoms with Crippen LogP contribution in [0.25, 0.3) is 0 Å². The van der Waals surface area contributed by atoms with Gasteiger partial charge in [0, 0.05) is 22.4 Å². The van der Waals surface area contributed by atoms with Gasteiger partial charge in [-0.25, -0.2) is 0 Å². The SMILES string of the molecule is [2H]C(O)(CNC(C)C)COc1ccc(C([2H])([2H])C([2H])([2H])OC([2H])([2H])[2H])cc1. The fourth-order valence-corrected chi connectivity index (χ4v) is 1.26. The number of hydrogen-bond acceptors (Lipinski definition) is 4. The monoisotopic (exact) mass is 275 g/mol. The summed E-state index contributed by atoms with van der Waals surface area (Å²) in [6, 6.07) is 5.22. The van der Waals surface area contributed by atoms with E-state index in [2.05, 4.69) is 10.1 Å². The lowest BCUT2D eigenvalue weighted by Crippen LogP contribution is -2.35. The van der Waals surface area contributed by atoms with Crippen molar-refractivity contribution < 1.29 is 25.5 Å². The second-order valence-corrected chi connectivity index (χ2v) is 4.24. The Kier molecular flexibility index (Phi) is 3.57. The molecule has 4 heteroatoms. The summed E-state index contributed by atoms with van der Waals surface area (Å²) in [4.78, 5) is 0. The molecule has 0 bridgehead atoms. The molecule has 0 aromatic heterocycles. The van der Waals surface area contributed by atoms with E-state index in [0.717, 1.165) is 0 Å². The lowest BCUT2D eigenvalue weighted by molar-refractivity contribution is 0.104. The average Bonchev–Trinajstić information content (AvgIpc) is 2.49. The van der Waals surface area contributed by atoms with Gasteiger partial charge in [-0.15, -0.1) is 0 Å². The molecule has 19 heavy (non-hydrogen) atoms. The molecule has 0 aliphatic heterocycles. The Morgan fingerprint density at radius 1 is 1.42 bits per heavy atom. The summed E-state index contributed by atoms with van der Waals surface area (Å²) < 4.78 is 69.4. The first-order valence-electron chi connectivity index (χ1n) is 9.95. The second-order valence-electron chi connectivity index (χ2n) is 4.24. The molecule has 1 aromatic carbocycles. The van der Waals surface area contributed by atoms with Crippen LogP contribution in [0.1, 0.15) is 30.4 Å². The first-order valence-corrected chi connectivity index (χ1v) is 5.95. The lowest BCUT2D eigenvalue weighted by Gasteiger charge is -2.15. The van der Waals surface area contributed by atoms with Gasteiger partial charge in [-0.3, -0.25) is 0 Å². The van der Waals surface area contributed by atoms with Crippen LogP contribution < -0.4 is 10.1 Å². The van der Waals surface area contributed by atoms with Gasteiger partial charge in [-0.05, 0) is 24.1 Å². The number of hydrogen-bond donors (Lipinski definition) is 2. The zero-order chi connectivity index (χ0) is 21.1. The molecule has 1 atom stereocenters. The molecule has 1 unspecified atom stereocenters. The maximum Gasteiger partial charge on any atom is 0.119 e. The molecule has 108 valence electrons. The van der Waals surface area contributed by atoms with Gasteiger partial charge >= 0.3 is 0 Å². The van der Waals surface area contributed by atoms with Crippen molar-refractivity contribution in [3.8, 4) is 5.75 Å². The zero-order valence-corrected chi connectivity index (χ0v) is 11.1. The highest BCUT2D eigenvalue weighted by Crippen LogP contribution is 2.12. The van der Waals surface area contributed by atoms with Crippen LogP contribution in [-0.2, 0) is 11.1 Å². The molecule has 0 spiro atoms. The fourth-order valence-electron chi connectivity index (χ4n) is 1.26. The van der Waals surface area contributed by atoms with Crippen LogP contribution in [0.15, 0.2) is 24.3 Å². The van der Waals surface area contributed by atoms with Gasteiger partial charge in [0.15, 0.2) is 0 Å². The van der Waals surface area contributed by atoms with Gasteiger partial charge < -0.3 is 19.9 Å². The highest BCUT2D eigenvalue weighted by atomic mass is 16.5.